The van der Waals surface area contributed by atoms with Gasteiger partial charge in [0.05, 0.1) is 44.5 Å². The van der Waals surface area contributed by atoms with Crippen molar-refractivity contribution in [3.05, 3.63) is 70.7 Å². The molecule has 200 valence electrons. The van der Waals surface area contributed by atoms with Crippen molar-refractivity contribution >= 4 is 67.6 Å². The first kappa shape index (κ1) is 28.3. The summed E-state index contributed by atoms with van der Waals surface area (Å²) in [5.41, 5.74) is 2.40. The molecule has 0 unspecified atom stereocenters. The molecule has 0 fully saturated rings. The van der Waals surface area contributed by atoms with Crippen molar-refractivity contribution in [3.63, 3.8) is 0 Å². The number of hydrogen-bond acceptors (Lipinski definition) is 6. The second kappa shape index (κ2) is 12.0. The van der Waals surface area contributed by atoms with E-state index in [2.05, 4.69) is 5.32 Å². The molecule has 4 aromatic rings. The van der Waals surface area contributed by atoms with E-state index in [1.54, 1.807) is 57.4 Å². The Morgan fingerprint density at radius 2 is 1.79 bits per heavy atom. The van der Waals surface area contributed by atoms with Crippen LogP contribution in [-0.4, -0.2) is 54.1 Å². The zero-order valence-electron chi connectivity index (χ0n) is 20.9. The van der Waals surface area contributed by atoms with Crippen LogP contribution >= 0.6 is 35.0 Å². The smallest absolute Gasteiger partial charge is 0.243 e. The zero-order valence-corrected chi connectivity index (χ0v) is 24.1. The van der Waals surface area contributed by atoms with Crippen molar-refractivity contribution in [1.29, 1.82) is 0 Å². The van der Waals surface area contributed by atoms with Crippen molar-refractivity contribution < 1.29 is 17.9 Å². The molecule has 0 saturated carbocycles. The Balaban J connectivity index is 1.72. The maximum atomic E-state index is 13.1. The fourth-order valence-corrected chi connectivity index (χ4v) is 6.55. The highest BCUT2D eigenvalue weighted by Crippen LogP contribution is 2.34. The second-order valence-electron chi connectivity index (χ2n) is 8.11. The van der Waals surface area contributed by atoms with Gasteiger partial charge in [-0.3, -0.25) is 9.36 Å². The Morgan fingerprint density at radius 1 is 1.05 bits per heavy atom. The van der Waals surface area contributed by atoms with Gasteiger partial charge in [-0.2, -0.15) is 4.31 Å². The van der Waals surface area contributed by atoms with Crippen molar-refractivity contribution in [3.8, 4) is 11.4 Å². The van der Waals surface area contributed by atoms with Crippen LogP contribution in [0.3, 0.4) is 0 Å². The van der Waals surface area contributed by atoms with Gasteiger partial charge in [-0.1, -0.05) is 60.9 Å². The van der Waals surface area contributed by atoms with Crippen LogP contribution in [0.1, 0.15) is 13.8 Å². The highest BCUT2D eigenvalue weighted by atomic mass is 35.5. The molecule has 1 amide bonds. The summed E-state index contributed by atoms with van der Waals surface area (Å²) in [4.78, 5) is 17.6. The Morgan fingerprint density at radius 3 is 2.47 bits per heavy atom. The van der Waals surface area contributed by atoms with Gasteiger partial charge in [-0.05, 0) is 48.5 Å². The average molecular weight is 594 g/mol. The zero-order chi connectivity index (χ0) is 27.4. The molecule has 8 nitrogen and oxygen atoms in total. The number of anilines is 1. The van der Waals surface area contributed by atoms with Gasteiger partial charge in [0.15, 0.2) is 5.16 Å². The van der Waals surface area contributed by atoms with E-state index in [4.69, 9.17) is 32.9 Å². The normalized spacial score (nSPS) is 11.7. The number of thioether (sulfide) groups is 1. The molecule has 1 heterocycles. The van der Waals surface area contributed by atoms with Gasteiger partial charge >= 0.3 is 0 Å². The summed E-state index contributed by atoms with van der Waals surface area (Å²) in [6.45, 7) is 4.32. The number of rotatable bonds is 10. The van der Waals surface area contributed by atoms with E-state index in [-0.39, 0.29) is 16.6 Å². The van der Waals surface area contributed by atoms with Crippen LogP contribution in [-0.2, 0) is 14.8 Å². The molecule has 1 aromatic heterocycles. The van der Waals surface area contributed by atoms with Gasteiger partial charge in [0.25, 0.3) is 0 Å². The number of hydrogen-bond donors (Lipinski definition) is 1. The molecule has 12 heteroatoms. The first-order chi connectivity index (χ1) is 18.2. The fourth-order valence-electron chi connectivity index (χ4n) is 3.96. The van der Waals surface area contributed by atoms with Crippen LogP contribution in [0.15, 0.2) is 70.7 Å². The summed E-state index contributed by atoms with van der Waals surface area (Å²) in [6.07, 6.45) is 0. The summed E-state index contributed by atoms with van der Waals surface area (Å²) in [7, 11) is -2.10. The third-order valence-corrected chi connectivity index (χ3v) is 9.52. The number of benzene rings is 3. The van der Waals surface area contributed by atoms with Gasteiger partial charge in [-0.15, -0.1) is 0 Å². The van der Waals surface area contributed by atoms with E-state index >= 15 is 0 Å². The number of sulfonamides is 1. The lowest BCUT2D eigenvalue weighted by atomic mass is 10.2. The molecule has 0 aliphatic carbocycles. The molecule has 0 saturated heterocycles. The third kappa shape index (κ3) is 5.79. The average Bonchev–Trinajstić information content (AvgIpc) is 3.27. The SMILES string of the molecule is CCN(CC)S(=O)(=O)c1ccc2c(c1)nc(SCC(=O)Nc1ccc(Cl)c(Cl)c1)n2-c1ccccc1OC. The first-order valence-electron chi connectivity index (χ1n) is 11.7. The molecule has 0 bridgehead atoms. The largest absolute Gasteiger partial charge is 0.495 e. The van der Waals surface area contributed by atoms with Gasteiger partial charge < -0.3 is 10.1 Å². The van der Waals surface area contributed by atoms with E-state index in [1.807, 2.05) is 28.8 Å². The second-order valence-corrected chi connectivity index (χ2v) is 11.8. The number of ether oxygens (including phenoxy) is 1. The Bertz CT molecular complexity index is 1590. The molecule has 1 N–H and O–H groups in total. The van der Waals surface area contributed by atoms with Crippen LogP contribution < -0.4 is 10.1 Å². The van der Waals surface area contributed by atoms with E-state index in [0.717, 1.165) is 0 Å². The predicted octanol–water partition coefficient (Wildman–Crippen LogP) is 6.10. The molecule has 0 spiro atoms. The van der Waals surface area contributed by atoms with E-state index in [9.17, 15) is 13.2 Å². The summed E-state index contributed by atoms with van der Waals surface area (Å²) in [6, 6.07) is 17.1. The predicted molar refractivity (Wildman–Crippen MR) is 154 cm³/mol. The number of nitrogens with zero attached hydrogens (tertiary/aromatic N) is 3. The van der Waals surface area contributed by atoms with Crippen molar-refractivity contribution in [1.82, 2.24) is 13.9 Å². The standard InChI is InChI=1S/C26H26Cl2N4O4S2/c1-4-31(5-2)38(34,35)18-11-13-22-21(15-18)30-26(32(22)23-8-6-7-9-24(23)36-3)37-16-25(33)29-17-10-12-19(27)20(28)14-17/h6-15H,4-5,16H2,1-3H3,(H,29,33). The minimum atomic E-state index is -3.67. The molecule has 4 rings (SSSR count). The van der Waals surface area contributed by atoms with Crippen LogP contribution in [0.2, 0.25) is 10.0 Å². The lowest BCUT2D eigenvalue weighted by Crippen LogP contribution is -2.30. The molecule has 3 aromatic carbocycles. The van der Waals surface area contributed by atoms with Crippen molar-refractivity contribution in [2.45, 2.75) is 23.9 Å². The number of fused-ring (bicyclic) bond motifs is 1. The van der Waals surface area contributed by atoms with Crippen molar-refractivity contribution in [2.75, 3.05) is 31.3 Å². The number of carbonyl (C=O) groups is 1. The van der Waals surface area contributed by atoms with Gasteiger partial charge in [0.1, 0.15) is 5.75 Å². The minimum Gasteiger partial charge on any atom is -0.495 e. The first-order valence-corrected chi connectivity index (χ1v) is 14.9. The molecule has 0 aliphatic heterocycles. The van der Waals surface area contributed by atoms with E-state index < -0.39 is 10.0 Å². The lowest BCUT2D eigenvalue weighted by Gasteiger charge is -2.18. The molecular weight excluding hydrogens is 567 g/mol. The maximum Gasteiger partial charge on any atom is 0.243 e. The monoisotopic (exact) mass is 592 g/mol. The van der Waals surface area contributed by atoms with E-state index in [1.165, 1.54) is 16.1 Å². The summed E-state index contributed by atoms with van der Waals surface area (Å²) >= 11 is 13.2. The Labute approximate surface area is 235 Å². The quantitative estimate of drug-likeness (QED) is 0.223. The number of halogens is 2. The highest BCUT2D eigenvalue weighted by Gasteiger charge is 2.24. The van der Waals surface area contributed by atoms with Crippen LogP contribution in [0.4, 0.5) is 5.69 Å². The third-order valence-electron chi connectivity index (χ3n) is 5.80. The number of para-hydroxylation sites is 2. The summed E-state index contributed by atoms with van der Waals surface area (Å²) in [5.74, 6) is 0.383. The van der Waals surface area contributed by atoms with Gasteiger partial charge in [-0.25, -0.2) is 13.4 Å². The van der Waals surface area contributed by atoms with Crippen LogP contribution in [0.25, 0.3) is 16.7 Å². The molecular formula is C26H26Cl2N4O4S2. The number of amides is 1. The molecule has 0 atom stereocenters. The summed E-state index contributed by atoms with van der Waals surface area (Å²) in [5, 5.41) is 4.04. The summed E-state index contributed by atoms with van der Waals surface area (Å²) < 4.78 is 35.1. The fraction of sp³-hybridized carbons (Fsp3) is 0.231. The van der Waals surface area contributed by atoms with Crippen molar-refractivity contribution in [2.24, 2.45) is 0 Å². The number of methoxy groups -OCH3 is 1. The van der Waals surface area contributed by atoms with Crippen LogP contribution in [0, 0.1) is 0 Å². The van der Waals surface area contributed by atoms with E-state index in [0.29, 0.717) is 56.4 Å². The number of aromatic nitrogens is 2. The Hall–Kier alpha value is -2.76. The molecule has 0 aliphatic rings. The molecule has 0 radical (unpaired) electrons. The minimum absolute atomic E-state index is 0.0450. The maximum absolute atomic E-state index is 13.1. The number of nitrogens with one attached hydrogen (secondary N) is 1. The van der Waals surface area contributed by atoms with Gasteiger partial charge in [0, 0.05) is 18.8 Å². The highest BCUT2D eigenvalue weighted by molar-refractivity contribution is 7.99. The molecule has 38 heavy (non-hydrogen) atoms. The number of carbonyl (C=O) groups excluding carboxylic acids is 1. The topological polar surface area (TPSA) is 93.5 Å². The number of imidazole rings is 1. The Kier molecular flexibility index (Phi) is 8.89. The van der Waals surface area contributed by atoms with Gasteiger partial charge in [0.2, 0.25) is 15.9 Å². The van der Waals surface area contributed by atoms with Crippen LogP contribution in [0.5, 0.6) is 5.75 Å². The lowest BCUT2D eigenvalue weighted by molar-refractivity contribution is -0.113.